The van der Waals surface area contributed by atoms with E-state index in [4.69, 9.17) is 0 Å². The topological polar surface area (TPSA) is 4.44 Å². The van der Waals surface area contributed by atoms with Gasteiger partial charge in [0.2, 0.25) is 0 Å². The van der Waals surface area contributed by atoms with Crippen molar-refractivity contribution in [1.29, 1.82) is 0 Å². The highest BCUT2D eigenvalue weighted by atomic mass is 15.1. The summed E-state index contributed by atoms with van der Waals surface area (Å²) in [7, 11) is 4.49. The lowest BCUT2D eigenvalue weighted by atomic mass is 9.90. The van der Waals surface area contributed by atoms with Crippen LogP contribution in [0.1, 0.15) is 17.2 Å². The molecule has 0 atom stereocenters. The Balaban J connectivity index is 2.01. The molecule has 24 heavy (non-hydrogen) atoms. The first-order valence-electron chi connectivity index (χ1n) is 8.51. The molecule has 0 amide bonds. The molecule has 0 bridgehead atoms. The Morgan fingerprint density at radius 3 is 1.42 bits per heavy atom. The first-order chi connectivity index (χ1) is 11.8. The van der Waals surface area contributed by atoms with Crippen LogP contribution in [0.4, 0.5) is 0 Å². The molecular weight excluding hydrogens is 290 g/mol. The maximum absolute atomic E-state index is 2.28. The molecule has 0 saturated heterocycles. The highest BCUT2D eigenvalue weighted by molar-refractivity contribution is 5.89. The van der Waals surface area contributed by atoms with Gasteiger partial charge in [0.25, 0.3) is 0 Å². The molecule has 1 N–H and O–H groups in total. The molecule has 0 aliphatic rings. The third-order valence-corrected chi connectivity index (χ3v) is 4.85. The third-order valence-electron chi connectivity index (χ3n) is 4.85. The van der Waals surface area contributed by atoms with Crippen molar-refractivity contribution in [2.24, 2.45) is 0 Å². The molecule has 0 fully saturated rings. The number of fused-ring (bicyclic) bond motifs is 2. The minimum Gasteiger partial charge on any atom is -0.330 e. The summed E-state index contributed by atoms with van der Waals surface area (Å²) in [5, 5.41) is 5.31. The quantitative estimate of drug-likeness (QED) is 0.577. The number of rotatable bonds is 3. The molecule has 0 spiro atoms. The summed E-state index contributed by atoms with van der Waals surface area (Å²) in [6.07, 6.45) is 0. The van der Waals surface area contributed by atoms with Crippen molar-refractivity contribution in [2.45, 2.75) is 6.04 Å². The lowest BCUT2D eigenvalue weighted by Gasteiger charge is -2.25. The monoisotopic (exact) mass is 312 g/mol. The van der Waals surface area contributed by atoms with Crippen LogP contribution in [0, 0.1) is 0 Å². The van der Waals surface area contributed by atoms with Crippen molar-refractivity contribution >= 4 is 21.5 Å². The summed E-state index contributed by atoms with van der Waals surface area (Å²) in [6, 6.07) is 31.0. The summed E-state index contributed by atoms with van der Waals surface area (Å²) < 4.78 is 0. The van der Waals surface area contributed by atoms with Gasteiger partial charge in [0.15, 0.2) is 0 Å². The molecule has 0 heterocycles. The zero-order chi connectivity index (χ0) is 16.5. The highest BCUT2D eigenvalue weighted by Gasteiger charge is 2.24. The van der Waals surface area contributed by atoms with Crippen LogP contribution in [0.3, 0.4) is 0 Å². The largest absolute Gasteiger partial charge is 0.330 e. The van der Waals surface area contributed by atoms with Crippen LogP contribution in [-0.4, -0.2) is 14.1 Å². The van der Waals surface area contributed by atoms with Crippen molar-refractivity contribution in [3.8, 4) is 0 Å². The molecule has 0 saturated carbocycles. The smallest absolute Gasteiger partial charge is 0.140 e. The zero-order valence-electron chi connectivity index (χ0n) is 14.2. The first-order valence-corrected chi connectivity index (χ1v) is 8.51. The minimum atomic E-state index is 0.308. The SMILES string of the molecule is C[NH+](C)C(c1cccc2ccccc12)c1cccc2ccccc12. The molecule has 0 aliphatic heterocycles. The van der Waals surface area contributed by atoms with E-state index in [-0.39, 0.29) is 0 Å². The van der Waals surface area contributed by atoms with Gasteiger partial charge in [-0.25, -0.2) is 0 Å². The molecule has 0 aromatic heterocycles. The molecule has 1 nitrogen and oxygen atoms in total. The first kappa shape index (κ1) is 14.9. The molecule has 4 aromatic rings. The third kappa shape index (κ3) is 2.47. The van der Waals surface area contributed by atoms with E-state index in [1.54, 1.807) is 0 Å². The van der Waals surface area contributed by atoms with E-state index in [0.717, 1.165) is 0 Å². The van der Waals surface area contributed by atoms with Gasteiger partial charge >= 0.3 is 0 Å². The van der Waals surface area contributed by atoms with Gasteiger partial charge in [0.1, 0.15) is 6.04 Å². The van der Waals surface area contributed by atoms with E-state index in [0.29, 0.717) is 6.04 Å². The number of nitrogens with one attached hydrogen (secondary N) is 1. The molecule has 1 heteroatoms. The Hall–Kier alpha value is -2.64. The summed E-state index contributed by atoms with van der Waals surface area (Å²) >= 11 is 0. The van der Waals surface area contributed by atoms with Crippen molar-refractivity contribution in [3.05, 3.63) is 96.1 Å². The lowest BCUT2D eigenvalue weighted by molar-refractivity contribution is -0.885. The van der Waals surface area contributed by atoms with Crippen LogP contribution < -0.4 is 4.90 Å². The Labute approximate surface area is 143 Å². The summed E-state index contributed by atoms with van der Waals surface area (Å²) in [5.41, 5.74) is 2.79. The fourth-order valence-corrected chi connectivity index (χ4v) is 3.79. The maximum atomic E-state index is 2.28. The van der Waals surface area contributed by atoms with Crippen molar-refractivity contribution in [1.82, 2.24) is 0 Å². The van der Waals surface area contributed by atoms with E-state index < -0.39 is 0 Å². The predicted octanol–water partition coefficient (Wildman–Crippen LogP) is 4.23. The molecule has 118 valence electrons. The number of benzene rings is 4. The van der Waals surface area contributed by atoms with Crippen LogP contribution in [-0.2, 0) is 0 Å². The minimum absolute atomic E-state index is 0.308. The van der Waals surface area contributed by atoms with Crippen molar-refractivity contribution < 1.29 is 4.90 Å². The molecule has 4 aromatic carbocycles. The Morgan fingerprint density at radius 1 is 0.542 bits per heavy atom. The summed E-state index contributed by atoms with van der Waals surface area (Å²) in [4.78, 5) is 1.42. The van der Waals surface area contributed by atoms with E-state index in [1.807, 2.05) is 0 Å². The molecule has 4 rings (SSSR count). The van der Waals surface area contributed by atoms with Crippen LogP contribution in [0.25, 0.3) is 21.5 Å². The van der Waals surface area contributed by atoms with Crippen molar-refractivity contribution in [2.75, 3.05) is 14.1 Å². The number of hydrogen-bond donors (Lipinski definition) is 1. The highest BCUT2D eigenvalue weighted by Crippen LogP contribution is 2.31. The average Bonchev–Trinajstić information content (AvgIpc) is 2.62. The van der Waals surface area contributed by atoms with Gasteiger partial charge < -0.3 is 4.90 Å². The molecular formula is C23H22N+. The second-order valence-corrected chi connectivity index (χ2v) is 6.65. The molecule has 0 aliphatic carbocycles. The van der Waals surface area contributed by atoms with Crippen molar-refractivity contribution in [3.63, 3.8) is 0 Å². The fraction of sp³-hybridized carbons (Fsp3) is 0.130. The van der Waals surface area contributed by atoms with Crippen LogP contribution in [0.15, 0.2) is 84.9 Å². The van der Waals surface area contributed by atoms with Gasteiger partial charge in [0.05, 0.1) is 14.1 Å². The van der Waals surface area contributed by atoms with Gasteiger partial charge in [-0.1, -0.05) is 84.9 Å². The predicted molar refractivity (Wildman–Crippen MR) is 103 cm³/mol. The Morgan fingerprint density at radius 2 is 0.958 bits per heavy atom. The van der Waals surface area contributed by atoms with E-state index in [1.165, 1.54) is 37.6 Å². The van der Waals surface area contributed by atoms with Crippen LogP contribution in [0.2, 0.25) is 0 Å². The standard InChI is InChI=1S/C23H21N/c1-24(2)23(21-15-7-11-17-9-3-5-13-19(17)21)22-16-8-12-18-10-4-6-14-20(18)22/h3-16,23H,1-2H3/p+1. The normalized spacial score (nSPS) is 11.7. The van der Waals surface area contributed by atoms with Gasteiger partial charge in [-0.3, -0.25) is 0 Å². The summed E-state index contributed by atoms with van der Waals surface area (Å²) in [6.45, 7) is 0. The van der Waals surface area contributed by atoms with Gasteiger partial charge in [-0.15, -0.1) is 0 Å². The second-order valence-electron chi connectivity index (χ2n) is 6.65. The average molecular weight is 312 g/mol. The van der Waals surface area contributed by atoms with E-state index in [9.17, 15) is 0 Å². The lowest BCUT2D eigenvalue weighted by Crippen LogP contribution is -3.06. The van der Waals surface area contributed by atoms with Gasteiger partial charge in [0, 0.05) is 11.1 Å². The number of quaternary nitrogens is 1. The van der Waals surface area contributed by atoms with E-state index >= 15 is 0 Å². The van der Waals surface area contributed by atoms with Gasteiger partial charge in [-0.05, 0) is 21.5 Å². The summed E-state index contributed by atoms with van der Waals surface area (Å²) in [5.74, 6) is 0. The molecule has 0 radical (unpaired) electrons. The second kappa shape index (κ2) is 6.10. The number of hydrogen-bond acceptors (Lipinski definition) is 0. The van der Waals surface area contributed by atoms with Crippen LogP contribution in [0.5, 0.6) is 0 Å². The van der Waals surface area contributed by atoms with Gasteiger partial charge in [-0.2, -0.15) is 0 Å². The van der Waals surface area contributed by atoms with Crippen LogP contribution >= 0.6 is 0 Å². The zero-order valence-corrected chi connectivity index (χ0v) is 14.2. The fourth-order valence-electron chi connectivity index (χ4n) is 3.79. The Kier molecular flexibility index (Phi) is 3.79. The Bertz CT molecular complexity index is 911. The maximum Gasteiger partial charge on any atom is 0.140 e. The molecule has 0 unspecified atom stereocenters. The van der Waals surface area contributed by atoms with E-state index in [2.05, 4.69) is 99.0 Å².